The summed E-state index contributed by atoms with van der Waals surface area (Å²) < 4.78 is 0. The van der Waals surface area contributed by atoms with E-state index in [9.17, 15) is 9.59 Å². The zero-order valence-electron chi connectivity index (χ0n) is 16.2. The summed E-state index contributed by atoms with van der Waals surface area (Å²) in [5, 5.41) is 6.09. The molecule has 2 aromatic rings. The third kappa shape index (κ3) is 5.09. The quantitative estimate of drug-likeness (QED) is 0.875. The van der Waals surface area contributed by atoms with Gasteiger partial charge in [-0.15, -0.1) is 0 Å². The monoisotopic (exact) mass is 365 g/mol. The molecular weight excluding hydrogens is 338 g/mol. The molecule has 0 aromatic heterocycles. The number of hydrogen-bond acceptors (Lipinski definition) is 3. The fraction of sp³-hybridized carbons (Fsp3) is 0.364. The van der Waals surface area contributed by atoms with Crippen molar-refractivity contribution in [1.29, 1.82) is 0 Å². The first-order valence-corrected chi connectivity index (χ1v) is 9.33. The van der Waals surface area contributed by atoms with Crippen molar-refractivity contribution in [2.45, 2.75) is 39.3 Å². The van der Waals surface area contributed by atoms with Crippen LogP contribution in [-0.4, -0.2) is 35.3 Å². The summed E-state index contributed by atoms with van der Waals surface area (Å²) in [7, 11) is 0. The number of carbonyl (C=O) groups excluding carboxylic acids is 2. The summed E-state index contributed by atoms with van der Waals surface area (Å²) in [5.41, 5.74) is 3.72. The number of carbonyl (C=O) groups is 2. The molecule has 1 aliphatic rings. The standard InChI is InChI=1S/C22H27N3O2/c1-22(2,3)24-21(27)17-8-10-19(11-9-17)23-14-20(26)25-13-12-16-6-4-5-7-18(16)15-25/h4-11,23H,12-15H2,1-3H3,(H,24,27). The van der Waals surface area contributed by atoms with Crippen LogP contribution in [0.3, 0.4) is 0 Å². The van der Waals surface area contributed by atoms with Gasteiger partial charge in [-0.1, -0.05) is 24.3 Å². The summed E-state index contributed by atoms with van der Waals surface area (Å²) >= 11 is 0. The Hall–Kier alpha value is -2.82. The van der Waals surface area contributed by atoms with Crippen LogP contribution < -0.4 is 10.6 Å². The van der Waals surface area contributed by atoms with Crippen molar-refractivity contribution < 1.29 is 9.59 Å². The van der Waals surface area contributed by atoms with Gasteiger partial charge < -0.3 is 15.5 Å². The van der Waals surface area contributed by atoms with Gasteiger partial charge in [-0.2, -0.15) is 0 Å². The molecule has 5 heteroatoms. The van der Waals surface area contributed by atoms with Gasteiger partial charge in [0.2, 0.25) is 5.91 Å². The van der Waals surface area contributed by atoms with Crippen molar-refractivity contribution in [3.63, 3.8) is 0 Å². The van der Waals surface area contributed by atoms with E-state index in [0.717, 1.165) is 18.7 Å². The molecule has 1 heterocycles. The van der Waals surface area contributed by atoms with Crippen LogP contribution in [0.25, 0.3) is 0 Å². The molecule has 0 unspecified atom stereocenters. The van der Waals surface area contributed by atoms with Crippen molar-refractivity contribution >= 4 is 17.5 Å². The highest BCUT2D eigenvalue weighted by Gasteiger charge is 2.20. The van der Waals surface area contributed by atoms with Gasteiger partial charge in [-0.25, -0.2) is 0 Å². The lowest BCUT2D eigenvalue weighted by atomic mass is 10.00. The van der Waals surface area contributed by atoms with E-state index in [0.29, 0.717) is 12.1 Å². The Bertz CT molecular complexity index is 822. The minimum atomic E-state index is -0.270. The van der Waals surface area contributed by atoms with E-state index >= 15 is 0 Å². The van der Waals surface area contributed by atoms with E-state index in [4.69, 9.17) is 0 Å². The van der Waals surface area contributed by atoms with E-state index in [2.05, 4.69) is 22.8 Å². The number of amides is 2. The molecule has 0 bridgehead atoms. The van der Waals surface area contributed by atoms with Crippen LogP contribution in [0.2, 0.25) is 0 Å². The van der Waals surface area contributed by atoms with Crippen molar-refractivity contribution in [2.24, 2.45) is 0 Å². The summed E-state index contributed by atoms with van der Waals surface area (Å²) in [6.07, 6.45) is 0.902. The van der Waals surface area contributed by atoms with E-state index in [1.165, 1.54) is 11.1 Å². The van der Waals surface area contributed by atoms with Crippen molar-refractivity contribution in [3.05, 3.63) is 65.2 Å². The lowest BCUT2D eigenvalue weighted by Crippen LogP contribution is -2.40. The normalized spacial score (nSPS) is 13.7. The molecular formula is C22H27N3O2. The number of anilines is 1. The predicted octanol–water partition coefficient (Wildman–Crippen LogP) is 3.21. The fourth-order valence-electron chi connectivity index (χ4n) is 3.15. The highest BCUT2D eigenvalue weighted by molar-refractivity contribution is 5.95. The van der Waals surface area contributed by atoms with Gasteiger partial charge in [0.05, 0.1) is 6.54 Å². The van der Waals surface area contributed by atoms with Crippen LogP contribution in [0.1, 0.15) is 42.3 Å². The van der Waals surface area contributed by atoms with Gasteiger partial charge in [0.1, 0.15) is 0 Å². The molecule has 3 rings (SSSR count). The molecule has 0 saturated heterocycles. The molecule has 0 atom stereocenters. The summed E-state index contributed by atoms with van der Waals surface area (Å²) in [5.74, 6) is -0.0174. The number of fused-ring (bicyclic) bond motifs is 1. The molecule has 27 heavy (non-hydrogen) atoms. The fourth-order valence-corrected chi connectivity index (χ4v) is 3.15. The predicted molar refractivity (Wildman–Crippen MR) is 108 cm³/mol. The van der Waals surface area contributed by atoms with Gasteiger partial charge in [0, 0.05) is 29.9 Å². The van der Waals surface area contributed by atoms with Crippen LogP contribution in [-0.2, 0) is 17.8 Å². The smallest absolute Gasteiger partial charge is 0.251 e. The molecule has 0 aliphatic carbocycles. The molecule has 0 saturated carbocycles. The molecule has 0 radical (unpaired) electrons. The first-order chi connectivity index (χ1) is 12.8. The van der Waals surface area contributed by atoms with Gasteiger partial charge in [0.25, 0.3) is 5.91 Å². The van der Waals surface area contributed by atoms with Crippen LogP contribution in [0.4, 0.5) is 5.69 Å². The van der Waals surface area contributed by atoms with E-state index < -0.39 is 0 Å². The Morgan fingerprint density at radius 1 is 1.00 bits per heavy atom. The first kappa shape index (κ1) is 19.0. The Labute approximate surface area is 160 Å². The average molecular weight is 365 g/mol. The number of rotatable bonds is 4. The van der Waals surface area contributed by atoms with Crippen LogP contribution >= 0.6 is 0 Å². The van der Waals surface area contributed by atoms with E-state index in [1.807, 2.05) is 49.9 Å². The largest absolute Gasteiger partial charge is 0.376 e. The van der Waals surface area contributed by atoms with Crippen LogP contribution in [0.5, 0.6) is 0 Å². The van der Waals surface area contributed by atoms with Gasteiger partial charge in [0.15, 0.2) is 0 Å². The number of nitrogens with one attached hydrogen (secondary N) is 2. The Morgan fingerprint density at radius 2 is 1.67 bits per heavy atom. The lowest BCUT2D eigenvalue weighted by molar-refractivity contribution is -0.130. The van der Waals surface area contributed by atoms with Crippen LogP contribution in [0.15, 0.2) is 48.5 Å². The zero-order chi connectivity index (χ0) is 19.4. The Kier molecular flexibility index (Phi) is 5.49. The van der Waals surface area contributed by atoms with Gasteiger partial charge in [-0.05, 0) is 62.6 Å². The molecule has 1 aliphatic heterocycles. The Balaban J connectivity index is 1.53. The van der Waals surface area contributed by atoms with Crippen molar-refractivity contribution in [3.8, 4) is 0 Å². The maximum absolute atomic E-state index is 12.5. The summed E-state index contributed by atoms with van der Waals surface area (Å²) in [6, 6.07) is 15.5. The summed E-state index contributed by atoms with van der Waals surface area (Å²) in [6.45, 7) is 7.52. The van der Waals surface area contributed by atoms with Gasteiger partial charge in [-0.3, -0.25) is 9.59 Å². The zero-order valence-corrected chi connectivity index (χ0v) is 16.2. The topological polar surface area (TPSA) is 61.4 Å². The second-order valence-electron chi connectivity index (χ2n) is 7.97. The maximum atomic E-state index is 12.5. The molecule has 2 N–H and O–H groups in total. The molecule has 0 fully saturated rings. The van der Waals surface area contributed by atoms with Crippen molar-refractivity contribution in [2.75, 3.05) is 18.4 Å². The highest BCUT2D eigenvalue weighted by Crippen LogP contribution is 2.18. The second kappa shape index (κ2) is 7.82. The highest BCUT2D eigenvalue weighted by atomic mass is 16.2. The molecule has 2 amide bonds. The third-order valence-electron chi connectivity index (χ3n) is 4.56. The minimum absolute atomic E-state index is 0.0825. The Morgan fingerprint density at radius 3 is 2.33 bits per heavy atom. The van der Waals surface area contributed by atoms with Crippen molar-refractivity contribution in [1.82, 2.24) is 10.2 Å². The maximum Gasteiger partial charge on any atom is 0.251 e. The number of nitrogens with zero attached hydrogens (tertiary/aromatic N) is 1. The lowest BCUT2D eigenvalue weighted by Gasteiger charge is -2.29. The SMILES string of the molecule is CC(C)(C)NC(=O)c1ccc(NCC(=O)N2CCc3ccccc3C2)cc1. The van der Waals surface area contributed by atoms with E-state index in [1.54, 1.807) is 12.1 Å². The minimum Gasteiger partial charge on any atom is -0.376 e. The first-order valence-electron chi connectivity index (χ1n) is 9.33. The second-order valence-corrected chi connectivity index (χ2v) is 7.97. The average Bonchev–Trinajstić information content (AvgIpc) is 2.64. The third-order valence-corrected chi connectivity index (χ3v) is 4.56. The molecule has 5 nitrogen and oxygen atoms in total. The van der Waals surface area contributed by atoms with E-state index in [-0.39, 0.29) is 23.9 Å². The molecule has 142 valence electrons. The molecule has 2 aromatic carbocycles. The van der Waals surface area contributed by atoms with Crippen LogP contribution in [0, 0.1) is 0 Å². The van der Waals surface area contributed by atoms with Gasteiger partial charge >= 0.3 is 0 Å². The molecule has 0 spiro atoms. The number of benzene rings is 2. The number of hydrogen-bond donors (Lipinski definition) is 2. The summed E-state index contributed by atoms with van der Waals surface area (Å²) in [4.78, 5) is 26.6.